The van der Waals surface area contributed by atoms with Gasteiger partial charge in [-0.1, -0.05) is 37.1 Å². The summed E-state index contributed by atoms with van der Waals surface area (Å²) in [4.78, 5) is 43.4. The number of carbonyl (C=O) groups is 3. The molecule has 0 radical (unpaired) electrons. The molecule has 2 aromatic carbocycles. The smallest absolute Gasteiger partial charge is 0.411 e. The Morgan fingerprint density at radius 2 is 1.93 bits per heavy atom. The minimum atomic E-state index is -0.646. The first-order valence-corrected chi connectivity index (χ1v) is 14.6. The van der Waals surface area contributed by atoms with Crippen LogP contribution >= 0.6 is 11.6 Å². The molecule has 0 spiro atoms. The van der Waals surface area contributed by atoms with E-state index in [1.807, 2.05) is 13.0 Å². The van der Waals surface area contributed by atoms with Gasteiger partial charge < -0.3 is 20.1 Å². The molecule has 0 unspecified atom stereocenters. The van der Waals surface area contributed by atoms with E-state index in [-0.39, 0.29) is 28.1 Å². The van der Waals surface area contributed by atoms with Gasteiger partial charge in [0.15, 0.2) is 5.82 Å². The Bertz CT molecular complexity index is 1780. The van der Waals surface area contributed by atoms with Crippen LogP contribution in [0.5, 0.6) is 5.88 Å². The molecule has 2 atom stereocenters. The summed E-state index contributed by atoms with van der Waals surface area (Å²) >= 11 is 5.97. The number of halogens is 2. The van der Waals surface area contributed by atoms with Gasteiger partial charge in [-0.05, 0) is 55.7 Å². The fourth-order valence-corrected chi connectivity index (χ4v) is 5.36. The third kappa shape index (κ3) is 6.75. The Morgan fingerprint density at radius 3 is 2.69 bits per heavy atom. The number of nitrogens with zero attached hydrogens (tertiary/aromatic N) is 3. The quantitative estimate of drug-likeness (QED) is 0.229. The topological polar surface area (TPSA) is 136 Å². The van der Waals surface area contributed by atoms with Crippen LogP contribution < -0.4 is 20.7 Å². The van der Waals surface area contributed by atoms with Crippen molar-refractivity contribution in [2.45, 2.75) is 39.2 Å². The number of rotatable bonds is 5. The maximum atomic E-state index is 14.8. The molecule has 1 aliphatic heterocycles. The summed E-state index contributed by atoms with van der Waals surface area (Å²) in [5, 5.41) is 12.9. The molecule has 45 heavy (non-hydrogen) atoms. The van der Waals surface area contributed by atoms with Gasteiger partial charge in [0.1, 0.15) is 5.69 Å². The van der Waals surface area contributed by atoms with E-state index in [0.717, 1.165) is 0 Å². The van der Waals surface area contributed by atoms with Crippen molar-refractivity contribution in [3.63, 3.8) is 0 Å². The highest BCUT2D eigenvalue weighted by molar-refractivity contribution is 6.30. The van der Waals surface area contributed by atoms with Crippen LogP contribution in [0.25, 0.3) is 16.8 Å². The van der Waals surface area contributed by atoms with Crippen molar-refractivity contribution in [2.24, 2.45) is 5.92 Å². The summed E-state index contributed by atoms with van der Waals surface area (Å²) in [6.07, 6.45) is 2.35. The second kappa shape index (κ2) is 13.3. The number of hydrogen-bond acceptors (Lipinski definition) is 7. The lowest BCUT2D eigenvalue weighted by atomic mass is 9.95. The highest BCUT2D eigenvalue weighted by Gasteiger charge is 2.25. The summed E-state index contributed by atoms with van der Waals surface area (Å²) in [6.45, 7) is 3.50. The summed E-state index contributed by atoms with van der Waals surface area (Å²) in [5.41, 5.74) is 3.58. The second-order valence-electron chi connectivity index (χ2n) is 10.7. The SMILES string of the molecule is COC(=O)Nc1ccc2c(c1)NC(=O)[C@H](C)CCC[C@H](NC(=O)c1cnn(-c3cccc(Cl)c3F)c1C)c1cc-2cc(OC)n1. The molecule has 11 nitrogen and oxygen atoms in total. The van der Waals surface area contributed by atoms with Crippen LogP contribution in [0.1, 0.15) is 54.0 Å². The highest BCUT2D eigenvalue weighted by Crippen LogP contribution is 2.36. The molecular weight excluding hydrogens is 603 g/mol. The molecule has 5 rings (SSSR count). The number of methoxy groups -OCH3 is 2. The van der Waals surface area contributed by atoms with Crippen LogP contribution in [-0.2, 0) is 9.53 Å². The predicted molar refractivity (Wildman–Crippen MR) is 167 cm³/mol. The van der Waals surface area contributed by atoms with Gasteiger partial charge in [0.2, 0.25) is 11.8 Å². The first-order chi connectivity index (χ1) is 21.6. The van der Waals surface area contributed by atoms with Crippen molar-refractivity contribution in [3.8, 4) is 22.7 Å². The molecule has 0 aliphatic carbocycles. The first-order valence-electron chi connectivity index (χ1n) is 14.3. The largest absolute Gasteiger partial charge is 0.481 e. The van der Waals surface area contributed by atoms with Crippen molar-refractivity contribution in [1.82, 2.24) is 20.1 Å². The molecule has 4 aromatic rings. The van der Waals surface area contributed by atoms with E-state index < -0.39 is 23.9 Å². The van der Waals surface area contributed by atoms with Crippen molar-refractivity contribution >= 4 is 40.9 Å². The van der Waals surface area contributed by atoms with Gasteiger partial charge in [-0.25, -0.2) is 18.9 Å². The predicted octanol–water partition coefficient (Wildman–Crippen LogP) is 6.45. The number of amides is 3. The lowest BCUT2D eigenvalue weighted by Crippen LogP contribution is -2.30. The number of hydrogen-bond donors (Lipinski definition) is 3. The molecule has 1 aliphatic rings. The first kappa shape index (κ1) is 31.5. The van der Waals surface area contributed by atoms with E-state index in [1.165, 1.54) is 37.2 Å². The zero-order chi connectivity index (χ0) is 32.2. The van der Waals surface area contributed by atoms with E-state index in [2.05, 4.69) is 26.0 Å². The van der Waals surface area contributed by atoms with Crippen LogP contribution in [-0.4, -0.2) is 46.9 Å². The minimum absolute atomic E-state index is 0.0537. The molecule has 3 heterocycles. The number of fused-ring (bicyclic) bond motifs is 4. The molecule has 2 aromatic heterocycles. The Hall–Kier alpha value is -4.97. The van der Waals surface area contributed by atoms with Crippen LogP contribution in [0.3, 0.4) is 0 Å². The summed E-state index contributed by atoms with van der Waals surface area (Å²) in [6, 6.07) is 12.7. The van der Waals surface area contributed by atoms with Gasteiger partial charge in [0, 0.05) is 23.2 Å². The Labute approximate surface area is 264 Å². The monoisotopic (exact) mass is 634 g/mol. The van der Waals surface area contributed by atoms with E-state index in [4.69, 9.17) is 21.1 Å². The maximum absolute atomic E-state index is 14.8. The molecule has 0 saturated carbocycles. The number of carbonyl (C=O) groups excluding carboxylic acids is 3. The number of benzene rings is 2. The average Bonchev–Trinajstić information content (AvgIpc) is 3.41. The minimum Gasteiger partial charge on any atom is -0.481 e. The summed E-state index contributed by atoms with van der Waals surface area (Å²) < 4.78 is 26.3. The number of ether oxygens (including phenoxy) is 2. The van der Waals surface area contributed by atoms with Gasteiger partial charge in [-0.3, -0.25) is 14.9 Å². The van der Waals surface area contributed by atoms with Gasteiger partial charge in [-0.15, -0.1) is 0 Å². The average molecular weight is 635 g/mol. The molecule has 2 bridgehead atoms. The highest BCUT2D eigenvalue weighted by atomic mass is 35.5. The molecular formula is C32H32ClFN6O5. The fraction of sp³-hybridized carbons (Fsp3) is 0.281. The molecule has 3 amide bonds. The van der Waals surface area contributed by atoms with E-state index in [1.54, 1.807) is 37.3 Å². The molecule has 3 N–H and O–H groups in total. The van der Waals surface area contributed by atoms with E-state index in [9.17, 15) is 18.8 Å². The fourth-order valence-electron chi connectivity index (χ4n) is 5.19. The van der Waals surface area contributed by atoms with Crippen molar-refractivity contribution in [3.05, 3.63) is 82.5 Å². The zero-order valence-corrected chi connectivity index (χ0v) is 25.9. The Morgan fingerprint density at radius 1 is 1.13 bits per heavy atom. The van der Waals surface area contributed by atoms with Gasteiger partial charge in [0.05, 0.1) is 54.1 Å². The van der Waals surface area contributed by atoms with Crippen LogP contribution in [0.2, 0.25) is 5.02 Å². The normalized spacial score (nSPS) is 16.4. The van der Waals surface area contributed by atoms with E-state index in [0.29, 0.717) is 59.0 Å². The van der Waals surface area contributed by atoms with Crippen molar-refractivity contribution in [1.29, 1.82) is 0 Å². The van der Waals surface area contributed by atoms with Gasteiger partial charge >= 0.3 is 6.09 Å². The van der Waals surface area contributed by atoms with Crippen molar-refractivity contribution in [2.75, 3.05) is 24.9 Å². The van der Waals surface area contributed by atoms with Gasteiger partial charge in [-0.2, -0.15) is 5.10 Å². The zero-order valence-electron chi connectivity index (χ0n) is 25.1. The third-order valence-electron chi connectivity index (χ3n) is 7.70. The standard InChI is InChI=1S/C32H32ClFN6O5/c1-17-7-5-9-24(38-31(42)22-16-35-40(18(22)2)27-10-6-8-23(33)29(27)34)26-13-19(14-28(37-26)44-3)21-12-11-20(36-32(43)45-4)15-25(21)39-30(17)41/h6,8,10-17,24H,5,7,9H2,1-4H3,(H,36,43)(H,38,42)(H,39,41)/t17-,24+/m1/s1. The number of anilines is 2. The number of pyridine rings is 1. The number of nitrogens with one attached hydrogen (secondary N) is 3. The van der Waals surface area contributed by atoms with Gasteiger partial charge in [0.25, 0.3) is 5.91 Å². The summed E-state index contributed by atoms with van der Waals surface area (Å²) in [7, 11) is 2.76. The molecule has 0 saturated heterocycles. The van der Waals surface area contributed by atoms with Crippen molar-refractivity contribution < 1.29 is 28.2 Å². The van der Waals surface area contributed by atoms with Crippen LogP contribution in [0.4, 0.5) is 20.6 Å². The molecule has 13 heteroatoms. The van der Waals surface area contributed by atoms with E-state index >= 15 is 0 Å². The maximum Gasteiger partial charge on any atom is 0.411 e. The molecule has 0 fully saturated rings. The van der Waals surface area contributed by atoms with Crippen LogP contribution in [0.15, 0.2) is 54.7 Å². The molecule has 234 valence electrons. The lowest BCUT2D eigenvalue weighted by molar-refractivity contribution is -0.119. The number of aromatic nitrogens is 3. The van der Waals surface area contributed by atoms with Crippen LogP contribution in [0, 0.1) is 18.7 Å². The summed E-state index contributed by atoms with van der Waals surface area (Å²) in [5.74, 6) is -1.29. The third-order valence-corrected chi connectivity index (χ3v) is 8.00. The second-order valence-corrected chi connectivity index (χ2v) is 11.1. The Kier molecular flexibility index (Phi) is 9.33. The Balaban J connectivity index is 1.53. The lowest BCUT2D eigenvalue weighted by Gasteiger charge is -2.23.